The van der Waals surface area contributed by atoms with Crippen LogP contribution in [0.4, 0.5) is 5.69 Å². The van der Waals surface area contributed by atoms with E-state index in [9.17, 15) is 14.7 Å². The van der Waals surface area contributed by atoms with Gasteiger partial charge in [0.25, 0.3) is 5.91 Å². The second-order valence-electron chi connectivity index (χ2n) is 7.63. The third-order valence-corrected chi connectivity index (χ3v) is 4.10. The average Bonchev–Trinajstić information content (AvgIpc) is 2.67. The average molecular weight is 389 g/mol. The van der Waals surface area contributed by atoms with Crippen molar-refractivity contribution in [1.29, 1.82) is 0 Å². The molecular formula is C24H23NO4. The first-order valence-corrected chi connectivity index (χ1v) is 9.26. The highest BCUT2D eigenvalue weighted by molar-refractivity contribution is 6.08. The number of ether oxygens (including phenoxy) is 1. The molecule has 0 spiro atoms. The van der Waals surface area contributed by atoms with Gasteiger partial charge in [-0.25, -0.2) is 4.79 Å². The Bertz CT molecular complexity index is 1040. The summed E-state index contributed by atoms with van der Waals surface area (Å²) in [4.78, 5) is 25.4. The number of hydrogen-bond donors (Lipinski definition) is 2. The molecule has 148 valence electrons. The zero-order chi connectivity index (χ0) is 21.0. The Morgan fingerprint density at radius 1 is 0.862 bits per heavy atom. The van der Waals surface area contributed by atoms with Crippen LogP contribution in [-0.2, 0) is 4.74 Å². The van der Waals surface area contributed by atoms with Gasteiger partial charge in [-0.05, 0) is 68.3 Å². The summed E-state index contributed by atoms with van der Waals surface area (Å²) < 4.78 is 5.49. The molecule has 5 heteroatoms. The minimum Gasteiger partial charge on any atom is -0.508 e. The molecule has 0 aliphatic rings. The fourth-order valence-electron chi connectivity index (χ4n) is 2.81. The Morgan fingerprint density at radius 2 is 1.55 bits per heavy atom. The lowest BCUT2D eigenvalue weighted by Crippen LogP contribution is -2.25. The molecule has 0 aliphatic heterocycles. The van der Waals surface area contributed by atoms with Crippen molar-refractivity contribution < 1.29 is 19.4 Å². The van der Waals surface area contributed by atoms with Gasteiger partial charge in [-0.3, -0.25) is 4.79 Å². The summed E-state index contributed by atoms with van der Waals surface area (Å²) in [5.41, 5.74) is 1.92. The molecule has 0 unspecified atom stereocenters. The first-order valence-electron chi connectivity index (χ1n) is 9.26. The number of hydrogen-bond acceptors (Lipinski definition) is 4. The predicted molar refractivity (Wildman–Crippen MR) is 113 cm³/mol. The maximum Gasteiger partial charge on any atom is 0.340 e. The highest BCUT2D eigenvalue weighted by Gasteiger charge is 2.22. The molecule has 3 rings (SSSR count). The summed E-state index contributed by atoms with van der Waals surface area (Å²) in [5, 5.41) is 12.6. The van der Waals surface area contributed by atoms with Crippen LogP contribution in [0.15, 0.2) is 72.8 Å². The first-order chi connectivity index (χ1) is 13.7. The number of phenolic OH excluding ortho intramolecular Hbond substituents is 1. The lowest BCUT2D eigenvalue weighted by Gasteiger charge is -2.21. The Hall–Kier alpha value is -3.60. The second-order valence-corrected chi connectivity index (χ2v) is 7.63. The van der Waals surface area contributed by atoms with Crippen LogP contribution < -0.4 is 5.32 Å². The van der Waals surface area contributed by atoms with Gasteiger partial charge in [-0.15, -0.1) is 0 Å². The highest BCUT2D eigenvalue weighted by atomic mass is 16.6. The fourth-order valence-corrected chi connectivity index (χ4v) is 2.81. The van der Waals surface area contributed by atoms with E-state index < -0.39 is 11.6 Å². The Morgan fingerprint density at radius 3 is 2.21 bits per heavy atom. The van der Waals surface area contributed by atoms with Crippen molar-refractivity contribution in [3.05, 3.63) is 83.9 Å². The molecular weight excluding hydrogens is 366 g/mol. The van der Waals surface area contributed by atoms with Crippen molar-refractivity contribution >= 4 is 17.6 Å². The zero-order valence-corrected chi connectivity index (χ0v) is 16.6. The molecule has 5 nitrogen and oxygen atoms in total. The molecule has 0 aliphatic carbocycles. The van der Waals surface area contributed by atoms with Crippen LogP contribution in [0, 0.1) is 0 Å². The maximum absolute atomic E-state index is 12.7. The SMILES string of the molecule is CC(C)(C)OC(=O)c1ccc(-c2cccc(O)c2)cc1NC(=O)c1ccccc1. The van der Waals surface area contributed by atoms with Gasteiger partial charge < -0.3 is 15.2 Å². The molecule has 0 atom stereocenters. The molecule has 0 saturated carbocycles. The smallest absolute Gasteiger partial charge is 0.340 e. The van der Waals surface area contributed by atoms with Crippen molar-refractivity contribution in [3.8, 4) is 16.9 Å². The monoisotopic (exact) mass is 389 g/mol. The lowest BCUT2D eigenvalue weighted by atomic mass is 10.0. The van der Waals surface area contributed by atoms with Gasteiger partial charge >= 0.3 is 5.97 Å². The van der Waals surface area contributed by atoms with E-state index in [0.717, 1.165) is 11.1 Å². The highest BCUT2D eigenvalue weighted by Crippen LogP contribution is 2.29. The van der Waals surface area contributed by atoms with Crippen LogP contribution in [-0.4, -0.2) is 22.6 Å². The fraction of sp³-hybridized carbons (Fsp3) is 0.167. The summed E-state index contributed by atoms with van der Waals surface area (Å²) in [7, 11) is 0. The number of amides is 1. The Balaban J connectivity index is 2.01. The van der Waals surface area contributed by atoms with Crippen LogP contribution in [0.1, 0.15) is 41.5 Å². The standard InChI is InChI=1S/C24H23NO4/c1-24(2,3)29-23(28)20-13-12-18(17-10-7-11-19(26)14-17)15-21(20)25-22(27)16-8-5-4-6-9-16/h4-15,26H,1-3H3,(H,25,27). The van der Waals surface area contributed by atoms with E-state index in [-0.39, 0.29) is 17.2 Å². The molecule has 29 heavy (non-hydrogen) atoms. The molecule has 0 fully saturated rings. The van der Waals surface area contributed by atoms with Crippen LogP contribution in [0.2, 0.25) is 0 Å². The molecule has 0 radical (unpaired) electrons. The molecule has 3 aromatic rings. The molecule has 0 bridgehead atoms. The molecule has 0 heterocycles. The number of benzene rings is 3. The number of anilines is 1. The van der Waals surface area contributed by atoms with Crippen LogP contribution in [0.5, 0.6) is 5.75 Å². The summed E-state index contributed by atoms with van der Waals surface area (Å²) in [5.74, 6) is -0.722. The van der Waals surface area contributed by atoms with E-state index in [4.69, 9.17) is 4.74 Å². The summed E-state index contributed by atoms with van der Waals surface area (Å²) >= 11 is 0. The number of nitrogens with one attached hydrogen (secondary N) is 1. The summed E-state index contributed by atoms with van der Waals surface area (Å²) in [6.07, 6.45) is 0. The number of carbonyl (C=O) groups is 2. The van der Waals surface area contributed by atoms with E-state index >= 15 is 0 Å². The van der Waals surface area contributed by atoms with Crippen LogP contribution in [0.25, 0.3) is 11.1 Å². The van der Waals surface area contributed by atoms with E-state index in [1.165, 1.54) is 0 Å². The largest absolute Gasteiger partial charge is 0.508 e. The number of phenols is 1. The first kappa shape index (κ1) is 20.1. The predicted octanol–water partition coefficient (Wildman–Crippen LogP) is 5.27. The van der Waals surface area contributed by atoms with Crippen molar-refractivity contribution in [1.82, 2.24) is 0 Å². The number of carbonyl (C=O) groups excluding carboxylic acids is 2. The van der Waals surface area contributed by atoms with Gasteiger partial charge in [-0.1, -0.05) is 36.4 Å². The zero-order valence-electron chi connectivity index (χ0n) is 16.6. The Labute approximate surface area is 170 Å². The Kier molecular flexibility index (Phi) is 5.69. The van der Waals surface area contributed by atoms with E-state index in [0.29, 0.717) is 11.3 Å². The molecule has 0 aromatic heterocycles. The van der Waals surface area contributed by atoms with Gasteiger partial charge in [0.15, 0.2) is 0 Å². The summed E-state index contributed by atoms with van der Waals surface area (Å²) in [6.45, 7) is 5.36. The lowest BCUT2D eigenvalue weighted by molar-refractivity contribution is 0.00708. The minimum absolute atomic E-state index is 0.133. The third-order valence-electron chi connectivity index (χ3n) is 4.10. The van der Waals surface area contributed by atoms with Gasteiger partial charge in [0.05, 0.1) is 11.3 Å². The van der Waals surface area contributed by atoms with E-state index in [2.05, 4.69) is 5.32 Å². The molecule has 2 N–H and O–H groups in total. The minimum atomic E-state index is -0.665. The van der Waals surface area contributed by atoms with Gasteiger partial charge in [-0.2, -0.15) is 0 Å². The van der Waals surface area contributed by atoms with Crippen molar-refractivity contribution in [2.45, 2.75) is 26.4 Å². The molecule has 0 saturated heterocycles. The maximum atomic E-state index is 12.7. The third kappa shape index (κ3) is 5.23. The number of rotatable bonds is 4. The van der Waals surface area contributed by atoms with E-state index in [1.807, 2.05) is 12.1 Å². The summed E-state index contributed by atoms with van der Waals surface area (Å²) in [6, 6.07) is 20.6. The second kappa shape index (κ2) is 8.19. The van der Waals surface area contributed by atoms with Crippen LogP contribution >= 0.6 is 0 Å². The van der Waals surface area contributed by atoms with Crippen molar-refractivity contribution in [3.63, 3.8) is 0 Å². The number of aromatic hydroxyl groups is 1. The topological polar surface area (TPSA) is 75.6 Å². The quantitative estimate of drug-likeness (QED) is 0.596. The van der Waals surface area contributed by atoms with Gasteiger partial charge in [0.2, 0.25) is 0 Å². The van der Waals surface area contributed by atoms with Gasteiger partial charge in [0.1, 0.15) is 11.4 Å². The van der Waals surface area contributed by atoms with Crippen molar-refractivity contribution in [2.75, 3.05) is 5.32 Å². The number of esters is 1. The van der Waals surface area contributed by atoms with Crippen LogP contribution in [0.3, 0.4) is 0 Å². The molecule has 3 aromatic carbocycles. The molecule has 1 amide bonds. The normalized spacial score (nSPS) is 11.0. The van der Waals surface area contributed by atoms with E-state index in [1.54, 1.807) is 81.4 Å². The van der Waals surface area contributed by atoms with Gasteiger partial charge in [0, 0.05) is 5.56 Å². The van der Waals surface area contributed by atoms with Crippen molar-refractivity contribution in [2.24, 2.45) is 0 Å².